The number of aromatic nitrogens is 2. The van der Waals surface area contributed by atoms with Crippen molar-refractivity contribution in [3.8, 4) is 0 Å². The van der Waals surface area contributed by atoms with E-state index in [2.05, 4.69) is 10.4 Å². The average molecular weight is 279 g/mol. The molecule has 0 saturated heterocycles. The van der Waals surface area contributed by atoms with Crippen molar-refractivity contribution in [1.29, 1.82) is 0 Å². The zero-order valence-electron chi connectivity index (χ0n) is 11.8. The summed E-state index contributed by atoms with van der Waals surface area (Å²) in [6, 6.07) is 0. The first kappa shape index (κ1) is 14.6. The number of rotatable bonds is 5. The van der Waals surface area contributed by atoms with Gasteiger partial charge in [-0.2, -0.15) is 5.10 Å². The molecule has 1 aromatic heterocycles. The third-order valence-electron chi connectivity index (χ3n) is 4.01. The Kier molecular flexibility index (Phi) is 4.42. The summed E-state index contributed by atoms with van der Waals surface area (Å²) >= 11 is 0. The average Bonchev–Trinajstić information content (AvgIpc) is 2.83. The molecule has 20 heavy (non-hydrogen) atoms. The highest BCUT2D eigenvalue weighted by Gasteiger charge is 2.41. The van der Waals surface area contributed by atoms with E-state index in [4.69, 9.17) is 0 Å². The number of amides is 1. The predicted molar refractivity (Wildman–Crippen MR) is 72.8 cm³/mol. The van der Waals surface area contributed by atoms with Crippen LogP contribution in [-0.4, -0.2) is 26.8 Å². The zero-order valence-corrected chi connectivity index (χ0v) is 11.8. The molecule has 0 aromatic carbocycles. The van der Waals surface area contributed by atoms with E-state index in [0.717, 1.165) is 24.8 Å². The van der Waals surface area contributed by atoms with Crippen LogP contribution in [0.1, 0.15) is 44.1 Å². The summed E-state index contributed by atoms with van der Waals surface area (Å²) in [6.45, 7) is 0.391. The maximum Gasteiger partial charge on any atom is 0.310 e. The van der Waals surface area contributed by atoms with E-state index in [1.165, 1.54) is 0 Å². The van der Waals surface area contributed by atoms with Gasteiger partial charge in [0.2, 0.25) is 5.91 Å². The lowest BCUT2D eigenvalue weighted by Crippen LogP contribution is -2.39. The van der Waals surface area contributed by atoms with E-state index in [1.54, 1.807) is 10.9 Å². The van der Waals surface area contributed by atoms with Crippen molar-refractivity contribution in [2.45, 2.75) is 45.1 Å². The molecule has 0 bridgehead atoms. The number of hydrogen-bond donors (Lipinski definition) is 2. The number of hydrogen-bond acceptors (Lipinski definition) is 3. The monoisotopic (exact) mass is 279 g/mol. The van der Waals surface area contributed by atoms with Crippen molar-refractivity contribution in [3.05, 3.63) is 18.0 Å². The fourth-order valence-electron chi connectivity index (χ4n) is 2.83. The van der Waals surface area contributed by atoms with Crippen LogP contribution < -0.4 is 5.32 Å². The van der Waals surface area contributed by atoms with Gasteiger partial charge >= 0.3 is 5.97 Å². The highest BCUT2D eigenvalue weighted by Crippen LogP contribution is 2.39. The molecule has 1 aromatic rings. The lowest BCUT2D eigenvalue weighted by Gasteiger charge is -2.32. The van der Waals surface area contributed by atoms with Gasteiger partial charge in [-0.3, -0.25) is 14.3 Å². The highest BCUT2D eigenvalue weighted by atomic mass is 16.4. The SMILES string of the molecule is Cn1cc(CNC(=O)CC2(C(=O)O)CCCCC2)cn1. The molecular formula is C14H21N3O3. The van der Waals surface area contributed by atoms with Crippen LogP contribution in [-0.2, 0) is 23.2 Å². The molecule has 0 unspecified atom stereocenters. The normalized spacial score (nSPS) is 17.6. The second-order valence-electron chi connectivity index (χ2n) is 5.62. The van der Waals surface area contributed by atoms with Gasteiger partial charge in [-0.25, -0.2) is 0 Å². The molecule has 1 amide bonds. The van der Waals surface area contributed by atoms with Gasteiger partial charge in [0, 0.05) is 31.8 Å². The van der Waals surface area contributed by atoms with Crippen molar-refractivity contribution in [2.75, 3.05) is 0 Å². The summed E-state index contributed by atoms with van der Waals surface area (Å²) in [5.74, 6) is -1.04. The topological polar surface area (TPSA) is 84.2 Å². The molecule has 0 spiro atoms. The lowest BCUT2D eigenvalue weighted by molar-refractivity contribution is -0.154. The molecule has 1 aliphatic carbocycles. The molecule has 0 aliphatic heterocycles. The minimum Gasteiger partial charge on any atom is -0.481 e. The summed E-state index contributed by atoms with van der Waals surface area (Å²) < 4.78 is 1.67. The summed E-state index contributed by atoms with van der Waals surface area (Å²) in [6.07, 6.45) is 7.63. The third-order valence-corrected chi connectivity index (χ3v) is 4.01. The van der Waals surface area contributed by atoms with E-state index < -0.39 is 11.4 Å². The van der Waals surface area contributed by atoms with E-state index in [1.807, 2.05) is 13.2 Å². The summed E-state index contributed by atoms with van der Waals surface area (Å²) in [5, 5.41) is 16.2. The molecule has 6 heteroatoms. The number of aliphatic carboxylic acids is 1. The van der Waals surface area contributed by atoms with Gasteiger partial charge in [0.05, 0.1) is 11.6 Å². The number of nitrogens with one attached hydrogen (secondary N) is 1. The first-order valence-electron chi connectivity index (χ1n) is 6.99. The van der Waals surface area contributed by atoms with Crippen molar-refractivity contribution in [1.82, 2.24) is 15.1 Å². The first-order valence-corrected chi connectivity index (χ1v) is 6.99. The Hall–Kier alpha value is -1.85. The maximum absolute atomic E-state index is 12.0. The fourth-order valence-corrected chi connectivity index (χ4v) is 2.83. The molecule has 1 fully saturated rings. The number of carbonyl (C=O) groups excluding carboxylic acids is 1. The molecule has 2 rings (SSSR count). The molecule has 1 aliphatic rings. The van der Waals surface area contributed by atoms with Gasteiger partial charge in [0.1, 0.15) is 0 Å². The minimum absolute atomic E-state index is 0.0720. The number of aryl methyl sites for hydroxylation is 1. The van der Waals surface area contributed by atoms with Crippen molar-refractivity contribution in [3.63, 3.8) is 0 Å². The number of carbonyl (C=O) groups is 2. The van der Waals surface area contributed by atoms with Crippen LogP contribution >= 0.6 is 0 Å². The van der Waals surface area contributed by atoms with Gasteiger partial charge < -0.3 is 10.4 Å². The maximum atomic E-state index is 12.0. The summed E-state index contributed by atoms with van der Waals surface area (Å²) in [5.41, 5.74) is 0.0472. The molecule has 110 valence electrons. The molecule has 0 atom stereocenters. The minimum atomic E-state index is -0.864. The Morgan fingerprint density at radius 3 is 2.65 bits per heavy atom. The van der Waals surface area contributed by atoms with Gasteiger partial charge in [-0.1, -0.05) is 19.3 Å². The van der Waals surface area contributed by atoms with E-state index >= 15 is 0 Å². The molecule has 0 radical (unpaired) electrons. The quantitative estimate of drug-likeness (QED) is 0.854. The second-order valence-corrected chi connectivity index (χ2v) is 5.62. The van der Waals surface area contributed by atoms with Crippen molar-refractivity contribution >= 4 is 11.9 Å². The fraction of sp³-hybridized carbons (Fsp3) is 0.643. The van der Waals surface area contributed by atoms with E-state index in [0.29, 0.717) is 19.4 Å². The van der Waals surface area contributed by atoms with Crippen molar-refractivity contribution < 1.29 is 14.7 Å². The van der Waals surface area contributed by atoms with E-state index in [-0.39, 0.29) is 12.3 Å². The summed E-state index contributed by atoms with van der Waals surface area (Å²) in [7, 11) is 1.81. The molecule has 2 N–H and O–H groups in total. The molecular weight excluding hydrogens is 258 g/mol. The van der Waals surface area contributed by atoms with Gasteiger partial charge in [-0.05, 0) is 12.8 Å². The Morgan fingerprint density at radius 1 is 1.40 bits per heavy atom. The molecule has 1 saturated carbocycles. The lowest BCUT2D eigenvalue weighted by atomic mass is 9.71. The van der Waals surface area contributed by atoms with Crippen molar-refractivity contribution in [2.24, 2.45) is 12.5 Å². The molecule has 6 nitrogen and oxygen atoms in total. The smallest absolute Gasteiger partial charge is 0.310 e. The molecule has 1 heterocycles. The van der Waals surface area contributed by atoms with E-state index in [9.17, 15) is 14.7 Å². The Bertz CT molecular complexity index is 490. The Morgan fingerprint density at radius 2 is 2.10 bits per heavy atom. The Balaban J connectivity index is 1.90. The van der Waals surface area contributed by atoms with Crippen LogP contribution in [0.25, 0.3) is 0 Å². The van der Waals surface area contributed by atoms with Crippen LogP contribution in [0.5, 0.6) is 0 Å². The standard InChI is InChI=1S/C14H21N3O3/c1-17-10-11(9-16-17)8-15-12(18)7-14(13(19)20)5-3-2-4-6-14/h9-10H,2-8H2,1H3,(H,15,18)(H,19,20). The zero-order chi connectivity index (χ0) is 14.6. The van der Waals surface area contributed by atoms with Gasteiger partial charge in [-0.15, -0.1) is 0 Å². The van der Waals surface area contributed by atoms with Gasteiger partial charge in [0.15, 0.2) is 0 Å². The Labute approximate surface area is 118 Å². The van der Waals surface area contributed by atoms with Crippen LogP contribution in [0.15, 0.2) is 12.4 Å². The second kappa shape index (κ2) is 6.07. The number of carboxylic acid groups (broad SMARTS) is 1. The van der Waals surface area contributed by atoms with Crippen LogP contribution in [0, 0.1) is 5.41 Å². The van der Waals surface area contributed by atoms with Crippen LogP contribution in [0.4, 0.5) is 0 Å². The predicted octanol–water partition coefficient (Wildman–Crippen LogP) is 1.46. The first-order chi connectivity index (χ1) is 9.52. The summed E-state index contributed by atoms with van der Waals surface area (Å²) in [4.78, 5) is 23.5. The van der Waals surface area contributed by atoms with Gasteiger partial charge in [0.25, 0.3) is 0 Å². The van der Waals surface area contributed by atoms with Crippen LogP contribution in [0.2, 0.25) is 0 Å². The highest BCUT2D eigenvalue weighted by molar-refractivity contribution is 5.85. The largest absolute Gasteiger partial charge is 0.481 e. The number of nitrogens with zero attached hydrogens (tertiary/aromatic N) is 2. The van der Waals surface area contributed by atoms with Crippen LogP contribution in [0.3, 0.4) is 0 Å². The third kappa shape index (κ3) is 3.37. The number of carboxylic acids is 1.